The molecule has 0 saturated heterocycles. The molecule has 1 aliphatic rings. The zero-order chi connectivity index (χ0) is 24.8. The quantitative estimate of drug-likeness (QED) is 0.441. The molecule has 0 unspecified atom stereocenters. The molecule has 2 heterocycles. The first-order valence-corrected chi connectivity index (χ1v) is 11.5. The van der Waals surface area contributed by atoms with Gasteiger partial charge < -0.3 is 23.8 Å². The summed E-state index contributed by atoms with van der Waals surface area (Å²) in [4.78, 5) is 14.8. The van der Waals surface area contributed by atoms with Gasteiger partial charge in [0.25, 0.3) is 0 Å². The fourth-order valence-electron chi connectivity index (χ4n) is 4.20. The molecule has 0 saturated carbocycles. The molecule has 0 spiro atoms. The largest absolute Gasteiger partial charge is 0.493 e. The highest BCUT2D eigenvalue weighted by Crippen LogP contribution is 2.33. The van der Waals surface area contributed by atoms with Crippen molar-refractivity contribution >= 4 is 12.0 Å². The van der Waals surface area contributed by atoms with Crippen molar-refractivity contribution in [3.05, 3.63) is 83.3 Å². The molecule has 3 aromatic rings. The van der Waals surface area contributed by atoms with E-state index in [2.05, 4.69) is 10.8 Å². The summed E-state index contributed by atoms with van der Waals surface area (Å²) in [6.07, 6.45) is 9.08. The molecule has 1 aliphatic heterocycles. The van der Waals surface area contributed by atoms with Crippen molar-refractivity contribution < 1.29 is 28.3 Å². The molecule has 0 fully saturated rings. The number of carbonyl (C=O) groups is 1. The Morgan fingerprint density at radius 3 is 2.31 bits per heavy atom. The summed E-state index contributed by atoms with van der Waals surface area (Å²) in [6.45, 7) is 1.30. The maximum absolute atomic E-state index is 13.0. The van der Waals surface area contributed by atoms with E-state index < -0.39 is 0 Å². The van der Waals surface area contributed by atoms with E-state index in [4.69, 9.17) is 18.9 Å². The number of nitrogens with zero attached hydrogens (tertiary/aromatic N) is 2. The van der Waals surface area contributed by atoms with Crippen molar-refractivity contribution in [3.8, 4) is 23.0 Å². The van der Waals surface area contributed by atoms with Gasteiger partial charge in [0.1, 0.15) is 0 Å². The Hall–Kier alpha value is -4.00. The Balaban J connectivity index is 1.45. The molecule has 4 rings (SSSR count). The summed E-state index contributed by atoms with van der Waals surface area (Å²) >= 11 is 0. The number of hydrogen-bond donors (Lipinski definition) is 0. The smallest absolute Gasteiger partial charge is 0.231 e. The molecule has 0 radical (unpaired) electrons. The molecule has 7 nitrogen and oxygen atoms in total. The topological polar surface area (TPSA) is 61.1 Å². The van der Waals surface area contributed by atoms with Crippen LogP contribution in [0.4, 0.5) is 0 Å². The number of methoxy groups -OCH3 is 4. The Labute approximate surface area is 206 Å². The number of carbonyl (C=O) groups excluding carboxylic acids is 1. The zero-order valence-electron chi connectivity index (χ0n) is 20.6. The summed E-state index contributed by atoms with van der Waals surface area (Å²) < 4.78 is 23.7. The molecule has 1 aromatic heterocycles. The van der Waals surface area contributed by atoms with Crippen LogP contribution in [-0.2, 0) is 30.7 Å². The molecular weight excluding hydrogens is 444 g/mol. The predicted molar refractivity (Wildman–Crippen MR) is 133 cm³/mol. The van der Waals surface area contributed by atoms with Crippen LogP contribution in [0.2, 0.25) is 0 Å². The lowest BCUT2D eigenvalue weighted by Crippen LogP contribution is -2.35. The molecule has 0 atom stereocenters. The van der Waals surface area contributed by atoms with Crippen LogP contribution in [-0.4, -0.2) is 39.2 Å². The van der Waals surface area contributed by atoms with Crippen LogP contribution >= 0.6 is 0 Å². The number of rotatable bonds is 9. The average molecular weight is 476 g/mol. The van der Waals surface area contributed by atoms with Crippen LogP contribution in [0.3, 0.4) is 0 Å². The van der Waals surface area contributed by atoms with Gasteiger partial charge in [0.15, 0.2) is 41.9 Å². The van der Waals surface area contributed by atoms with Gasteiger partial charge in [0.2, 0.25) is 5.91 Å². The van der Waals surface area contributed by atoms with E-state index in [9.17, 15) is 4.79 Å². The van der Waals surface area contributed by atoms with Crippen LogP contribution in [0, 0.1) is 0 Å². The van der Waals surface area contributed by atoms with Crippen molar-refractivity contribution in [2.75, 3.05) is 28.4 Å². The van der Waals surface area contributed by atoms with E-state index in [1.807, 2.05) is 60.9 Å². The van der Waals surface area contributed by atoms with Crippen LogP contribution in [0.5, 0.6) is 23.0 Å². The van der Waals surface area contributed by atoms with Crippen LogP contribution in [0.1, 0.15) is 22.3 Å². The van der Waals surface area contributed by atoms with Gasteiger partial charge in [-0.05, 0) is 53.1 Å². The summed E-state index contributed by atoms with van der Waals surface area (Å²) in [5.41, 5.74) is 4.09. The monoisotopic (exact) mass is 475 g/mol. The van der Waals surface area contributed by atoms with Gasteiger partial charge in [-0.3, -0.25) is 4.79 Å². The lowest BCUT2D eigenvalue weighted by molar-refractivity contribution is -0.696. The van der Waals surface area contributed by atoms with Crippen LogP contribution < -0.4 is 23.5 Å². The minimum atomic E-state index is 0.0351. The minimum Gasteiger partial charge on any atom is -0.493 e. The van der Waals surface area contributed by atoms with Gasteiger partial charge in [-0.2, -0.15) is 0 Å². The third-order valence-corrected chi connectivity index (χ3v) is 6.12. The number of amides is 1. The Kier molecular flexibility index (Phi) is 7.55. The number of ether oxygens (including phenoxy) is 4. The van der Waals surface area contributed by atoms with Gasteiger partial charge in [0.05, 0.1) is 41.4 Å². The molecule has 35 heavy (non-hydrogen) atoms. The Bertz CT molecular complexity index is 1240. The fourth-order valence-corrected chi connectivity index (χ4v) is 4.20. The summed E-state index contributed by atoms with van der Waals surface area (Å²) in [5.74, 6) is 2.76. The highest BCUT2D eigenvalue weighted by Gasteiger charge is 2.20. The third-order valence-electron chi connectivity index (χ3n) is 6.12. The van der Waals surface area contributed by atoms with Gasteiger partial charge in [-0.25, -0.2) is 4.57 Å². The van der Waals surface area contributed by atoms with Gasteiger partial charge >= 0.3 is 0 Å². The maximum atomic E-state index is 13.0. The first-order chi connectivity index (χ1) is 17.0. The summed E-state index contributed by atoms with van der Waals surface area (Å²) in [6, 6.07) is 13.8. The van der Waals surface area contributed by atoms with Gasteiger partial charge in [0, 0.05) is 24.3 Å². The molecular formula is C28H31N2O5+. The summed E-state index contributed by atoms with van der Waals surface area (Å²) in [7, 11) is 6.48. The van der Waals surface area contributed by atoms with E-state index in [1.165, 1.54) is 0 Å². The highest BCUT2D eigenvalue weighted by molar-refractivity contribution is 5.84. The van der Waals surface area contributed by atoms with E-state index in [0.717, 1.165) is 46.7 Å². The lowest BCUT2D eigenvalue weighted by atomic mass is 10.0. The van der Waals surface area contributed by atoms with Crippen molar-refractivity contribution in [3.63, 3.8) is 0 Å². The number of hydrogen-bond acceptors (Lipinski definition) is 5. The standard InChI is InChI=1S/C28H31N2O5/c1-32-24-8-7-20(14-25(24)33-2)9-12-29-11-5-6-21(18-29)19-30-13-10-22-15-26(34-3)27(35-4)16-23(22)17-28(30)31/h5-8,10-11,13-16,18H,9,12,17,19H2,1-4H3/q+1. The third kappa shape index (κ3) is 5.57. The summed E-state index contributed by atoms with van der Waals surface area (Å²) in [5, 5.41) is 0. The normalized spacial score (nSPS) is 12.7. The van der Waals surface area contributed by atoms with Crippen molar-refractivity contribution in [2.24, 2.45) is 0 Å². The molecule has 182 valence electrons. The van der Waals surface area contributed by atoms with E-state index in [0.29, 0.717) is 24.5 Å². The second-order valence-corrected chi connectivity index (χ2v) is 8.31. The minimum absolute atomic E-state index is 0.0351. The fraction of sp³-hybridized carbons (Fsp3) is 0.286. The van der Waals surface area contributed by atoms with E-state index in [-0.39, 0.29) is 5.91 Å². The molecule has 1 amide bonds. The SMILES string of the molecule is COc1ccc(CC[n+]2cccc(CN3C=Cc4cc(OC)c(OC)cc4CC3=O)c2)cc1OC. The predicted octanol–water partition coefficient (Wildman–Crippen LogP) is 3.81. The van der Waals surface area contributed by atoms with Gasteiger partial charge in [-0.1, -0.05) is 6.07 Å². The number of aryl methyl sites for hydroxylation is 2. The number of fused-ring (bicyclic) bond motifs is 1. The Morgan fingerprint density at radius 2 is 1.57 bits per heavy atom. The van der Waals surface area contributed by atoms with Gasteiger partial charge in [-0.15, -0.1) is 0 Å². The molecule has 0 bridgehead atoms. The van der Waals surface area contributed by atoms with Crippen LogP contribution in [0.15, 0.2) is 61.1 Å². The second kappa shape index (κ2) is 11.0. The maximum Gasteiger partial charge on any atom is 0.231 e. The zero-order valence-corrected chi connectivity index (χ0v) is 20.6. The Morgan fingerprint density at radius 1 is 0.857 bits per heavy atom. The number of benzene rings is 2. The average Bonchev–Trinajstić information content (AvgIpc) is 3.04. The first kappa shape index (κ1) is 24.1. The van der Waals surface area contributed by atoms with E-state index in [1.54, 1.807) is 33.3 Å². The number of pyridine rings is 1. The van der Waals surface area contributed by atoms with E-state index >= 15 is 0 Å². The molecule has 0 N–H and O–H groups in total. The second-order valence-electron chi connectivity index (χ2n) is 8.31. The van der Waals surface area contributed by atoms with Crippen molar-refractivity contribution in [1.29, 1.82) is 0 Å². The molecule has 0 aliphatic carbocycles. The number of aromatic nitrogens is 1. The first-order valence-electron chi connectivity index (χ1n) is 11.5. The van der Waals surface area contributed by atoms with Crippen molar-refractivity contribution in [2.45, 2.75) is 25.9 Å². The molecule has 7 heteroatoms. The highest BCUT2D eigenvalue weighted by atomic mass is 16.5. The lowest BCUT2D eigenvalue weighted by Gasteiger charge is -2.16. The van der Waals surface area contributed by atoms with Crippen LogP contribution in [0.25, 0.3) is 6.08 Å². The van der Waals surface area contributed by atoms with Crippen molar-refractivity contribution in [1.82, 2.24) is 4.90 Å². The molecule has 2 aromatic carbocycles.